The van der Waals surface area contributed by atoms with E-state index >= 15 is 0 Å². The molecule has 2 aromatic carbocycles. The van der Waals surface area contributed by atoms with Crippen LogP contribution in [0.4, 0.5) is 0 Å². The van der Waals surface area contributed by atoms with Crippen molar-refractivity contribution in [1.29, 1.82) is 5.41 Å². The third kappa shape index (κ3) is 3.71. The molecule has 0 spiro atoms. The van der Waals surface area contributed by atoms with E-state index in [9.17, 15) is 5.21 Å². The van der Waals surface area contributed by atoms with E-state index in [0.717, 1.165) is 23.6 Å². The number of pyridine rings is 1. The molecule has 0 aliphatic rings. The van der Waals surface area contributed by atoms with Crippen LogP contribution in [0.3, 0.4) is 0 Å². The molecular weight excluding hydrogens is 308 g/mol. The van der Waals surface area contributed by atoms with Gasteiger partial charge in [0, 0.05) is 10.8 Å². The van der Waals surface area contributed by atoms with Gasteiger partial charge in [-0.2, -0.15) is 4.73 Å². The van der Waals surface area contributed by atoms with E-state index in [1.807, 2.05) is 30.3 Å². The first-order valence-electron chi connectivity index (χ1n) is 9.06. The van der Waals surface area contributed by atoms with E-state index in [1.165, 1.54) is 16.7 Å². The summed E-state index contributed by atoms with van der Waals surface area (Å²) in [7, 11) is 0. The van der Waals surface area contributed by atoms with Crippen molar-refractivity contribution in [3.63, 3.8) is 0 Å². The van der Waals surface area contributed by atoms with Gasteiger partial charge in [0.15, 0.2) is 0 Å². The summed E-state index contributed by atoms with van der Waals surface area (Å²) in [4.78, 5) is 0. The van der Waals surface area contributed by atoms with Gasteiger partial charge in [-0.05, 0) is 54.4 Å². The van der Waals surface area contributed by atoms with Crippen LogP contribution < -0.4 is 5.36 Å². The Bertz CT molecular complexity index is 963. The van der Waals surface area contributed by atoms with Crippen molar-refractivity contribution in [3.8, 4) is 0 Å². The molecule has 1 aromatic heterocycles. The van der Waals surface area contributed by atoms with E-state index in [0.29, 0.717) is 27.7 Å². The lowest BCUT2D eigenvalue weighted by atomic mass is 9.83. The topological polar surface area (TPSA) is 49.0 Å². The molecule has 1 heterocycles. The van der Waals surface area contributed by atoms with Crippen molar-refractivity contribution in [2.24, 2.45) is 11.3 Å². The quantitative estimate of drug-likeness (QED) is 0.478. The fourth-order valence-electron chi connectivity index (χ4n) is 3.83. The number of fused-ring (bicyclic) bond motifs is 2. The lowest BCUT2D eigenvalue weighted by Crippen LogP contribution is -2.12. The number of benzene rings is 2. The first-order chi connectivity index (χ1) is 11.8. The summed E-state index contributed by atoms with van der Waals surface area (Å²) in [5.74, 6) is 0.672. The molecule has 0 fully saturated rings. The van der Waals surface area contributed by atoms with Crippen molar-refractivity contribution >= 4 is 21.8 Å². The van der Waals surface area contributed by atoms with Gasteiger partial charge in [0.25, 0.3) is 0 Å². The highest BCUT2D eigenvalue weighted by Crippen LogP contribution is 2.27. The van der Waals surface area contributed by atoms with Crippen LogP contribution in [0.15, 0.2) is 42.5 Å². The lowest BCUT2D eigenvalue weighted by Gasteiger charge is -2.23. The Morgan fingerprint density at radius 1 is 1.04 bits per heavy atom. The summed E-state index contributed by atoms with van der Waals surface area (Å²) in [6.07, 6.45) is 3.36. The second kappa shape index (κ2) is 6.55. The molecule has 3 nitrogen and oxygen atoms in total. The molecular formula is C22H28N2O. The number of hydrogen-bond acceptors (Lipinski definition) is 2. The maximum absolute atomic E-state index is 10.5. The van der Waals surface area contributed by atoms with Gasteiger partial charge < -0.3 is 5.21 Å². The first kappa shape index (κ1) is 17.5. The number of nitrogens with zero attached hydrogens (tertiary/aromatic N) is 1. The first-order valence-corrected chi connectivity index (χ1v) is 9.06. The van der Waals surface area contributed by atoms with Crippen LogP contribution in [0.1, 0.15) is 46.1 Å². The SMILES string of the molecule is CC(CCc1ccc2c(c1)c(=N)c1ccccc1n2O)CC(C)(C)C. The fraction of sp³-hybridized carbons (Fsp3) is 0.409. The average Bonchev–Trinajstić information content (AvgIpc) is 2.56. The summed E-state index contributed by atoms with van der Waals surface area (Å²) in [5, 5.41) is 21.1. The average molecular weight is 336 g/mol. The number of para-hydroxylation sites is 1. The van der Waals surface area contributed by atoms with Crippen molar-refractivity contribution in [2.45, 2.75) is 47.0 Å². The van der Waals surface area contributed by atoms with Gasteiger partial charge in [-0.25, -0.2) is 0 Å². The molecule has 0 amide bonds. The highest BCUT2D eigenvalue weighted by atomic mass is 16.5. The summed E-state index contributed by atoms with van der Waals surface area (Å²) in [6.45, 7) is 9.18. The van der Waals surface area contributed by atoms with Gasteiger partial charge in [-0.3, -0.25) is 5.41 Å². The van der Waals surface area contributed by atoms with Crippen molar-refractivity contribution in [2.75, 3.05) is 0 Å². The fourth-order valence-corrected chi connectivity index (χ4v) is 3.83. The summed E-state index contributed by atoms with van der Waals surface area (Å²) in [5.41, 5.74) is 2.96. The number of rotatable bonds is 4. The number of aryl methyl sites for hydroxylation is 1. The van der Waals surface area contributed by atoms with E-state index in [2.05, 4.69) is 39.8 Å². The normalized spacial score (nSPS) is 13.4. The molecule has 0 saturated carbocycles. The third-order valence-corrected chi connectivity index (χ3v) is 4.85. The number of hydrogen-bond donors (Lipinski definition) is 2. The summed E-state index contributed by atoms with van der Waals surface area (Å²) >= 11 is 0. The van der Waals surface area contributed by atoms with Gasteiger partial charge >= 0.3 is 0 Å². The highest BCUT2D eigenvalue weighted by molar-refractivity contribution is 5.92. The van der Waals surface area contributed by atoms with E-state index in [-0.39, 0.29) is 0 Å². The Hall–Kier alpha value is -2.29. The molecule has 2 N–H and O–H groups in total. The molecule has 3 rings (SSSR count). The van der Waals surface area contributed by atoms with Gasteiger partial charge in [0.05, 0.1) is 16.4 Å². The molecule has 25 heavy (non-hydrogen) atoms. The van der Waals surface area contributed by atoms with Crippen molar-refractivity contribution in [1.82, 2.24) is 4.73 Å². The monoisotopic (exact) mass is 336 g/mol. The second-order valence-corrected chi connectivity index (χ2v) is 8.46. The van der Waals surface area contributed by atoms with Crippen molar-refractivity contribution < 1.29 is 5.21 Å². The van der Waals surface area contributed by atoms with Gasteiger partial charge in [0.1, 0.15) is 0 Å². The molecule has 0 radical (unpaired) electrons. The van der Waals surface area contributed by atoms with Gasteiger partial charge in [0.2, 0.25) is 0 Å². The third-order valence-electron chi connectivity index (χ3n) is 4.85. The molecule has 3 heteroatoms. The minimum absolute atomic E-state index is 0.360. The van der Waals surface area contributed by atoms with Crippen LogP contribution in [0.2, 0.25) is 0 Å². The van der Waals surface area contributed by atoms with E-state index < -0.39 is 0 Å². The molecule has 1 unspecified atom stereocenters. The zero-order valence-electron chi connectivity index (χ0n) is 15.6. The summed E-state index contributed by atoms with van der Waals surface area (Å²) < 4.78 is 1.20. The molecule has 132 valence electrons. The minimum atomic E-state index is 0.360. The van der Waals surface area contributed by atoms with Crippen LogP contribution >= 0.6 is 0 Å². The molecule has 1 atom stereocenters. The molecule has 3 aromatic rings. The van der Waals surface area contributed by atoms with Crippen LogP contribution in [-0.4, -0.2) is 9.94 Å². The van der Waals surface area contributed by atoms with Gasteiger partial charge in [-0.15, -0.1) is 0 Å². The Kier molecular flexibility index (Phi) is 4.59. The van der Waals surface area contributed by atoms with Crippen LogP contribution in [-0.2, 0) is 6.42 Å². The van der Waals surface area contributed by atoms with Gasteiger partial charge in [-0.1, -0.05) is 52.0 Å². The predicted octanol–water partition coefficient (Wildman–Crippen LogP) is 5.52. The van der Waals surface area contributed by atoms with E-state index in [4.69, 9.17) is 5.41 Å². The maximum Gasteiger partial charge on any atom is 0.0894 e. The van der Waals surface area contributed by atoms with Crippen LogP contribution in [0.5, 0.6) is 0 Å². The van der Waals surface area contributed by atoms with Crippen LogP contribution in [0.25, 0.3) is 21.8 Å². The zero-order valence-corrected chi connectivity index (χ0v) is 15.6. The standard InChI is InChI=1S/C22H28N2O/c1-15(14-22(2,3)4)9-10-16-11-12-20-18(13-16)21(23)17-7-5-6-8-19(17)24(20)25/h5-8,11-13,15,23,25H,9-10,14H2,1-4H3. The highest BCUT2D eigenvalue weighted by Gasteiger charge is 2.15. The number of aromatic nitrogens is 1. The smallest absolute Gasteiger partial charge is 0.0894 e. The Balaban J connectivity index is 1.94. The molecule has 0 aliphatic carbocycles. The Morgan fingerprint density at radius 3 is 2.44 bits per heavy atom. The maximum atomic E-state index is 10.5. The van der Waals surface area contributed by atoms with Crippen LogP contribution in [0, 0.1) is 16.7 Å². The predicted molar refractivity (Wildman–Crippen MR) is 104 cm³/mol. The lowest BCUT2D eigenvalue weighted by molar-refractivity contribution is 0.211. The van der Waals surface area contributed by atoms with Crippen molar-refractivity contribution in [3.05, 3.63) is 53.4 Å². The largest absolute Gasteiger partial charge is 0.428 e. The Morgan fingerprint density at radius 2 is 1.72 bits per heavy atom. The Labute approximate surface area is 149 Å². The summed E-state index contributed by atoms with van der Waals surface area (Å²) in [6, 6.07) is 13.6. The molecule has 0 bridgehead atoms. The second-order valence-electron chi connectivity index (χ2n) is 8.46. The minimum Gasteiger partial charge on any atom is -0.428 e. The number of nitrogens with one attached hydrogen (secondary N) is 1. The van der Waals surface area contributed by atoms with E-state index in [1.54, 1.807) is 0 Å². The molecule has 0 saturated heterocycles. The zero-order chi connectivity index (χ0) is 18.2. The molecule has 0 aliphatic heterocycles.